The number of fused-ring (bicyclic) bond motifs is 1. The molecule has 158 valence electrons. The number of methoxy groups -OCH3 is 2. The van der Waals surface area contributed by atoms with Crippen LogP contribution in [0.5, 0.6) is 17.2 Å². The molecule has 0 spiro atoms. The Morgan fingerprint density at radius 1 is 1.20 bits per heavy atom. The van der Waals surface area contributed by atoms with E-state index >= 15 is 0 Å². The number of aromatic hydroxyl groups is 1. The van der Waals surface area contributed by atoms with Crippen LogP contribution in [0, 0.1) is 6.92 Å². The van der Waals surface area contributed by atoms with Crippen LogP contribution in [0.2, 0.25) is 0 Å². The lowest BCUT2D eigenvalue weighted by Crippen LogP contribution is -2.23. The summed E-state index contributed by atoms with van der Waals surface area (Å²) < 4.78 is 10.4. The smallest absolute Gasteiger partial charge is 0.265 e. The van der Waals surface area contributed by atoms with Crippen molar-refractivity contribution in [1.29, 1.82) is 0 Å². The van der Waals surface area contributed by atoms with Crippen molar-refractivity contribution in [2.75, 3.05) is 33.6 Å². The summed E-state index contributed by atoms with van der Waals surface area (Å²) in [6.07, 6.45) is 0. The van der Waals surface area contributed by atoms with Gasteiger partial charge < -0.3 is 29.8 Å². The van der Waals surface area contributed by atoms with Gasteiger partial charge in [0.25, 0.3) is 17.4 Å². The Balaban J connectivity index is 2.08. The molecule has 0 aliphatic rings. The van der Waals surface area contributed by atoms with E-state index in [2.05, 4.69) is 10.3 Å². The second kappa shape index (κ2) is 8.07. The van der Waals surface area contributed by atoms with Crippen molar-refractivity contribution >= 4 is 39.1 Å². The van der Waals surface area contributed by atoms with E-state index in [9.17, 15) is 19.5 Å². The molecule has 0 aliphatic heterocycles. The minimum atomic E-state index is -0.815. The monoisotopic (exact) mass is 431 g/mol. The number of H-pyrrole nitrogens is 1. The third kappa shape index (κ3) is 3.57. The molecular weight excluding hydrogens is 410 g/mol. The minimum absolute atomic E-state index is 0.261. The number of ether oxygens (including phenoxy) is 2. The summed E-state index contributed by atoms with van der Waals surface area (Å²) in [5.41, 5.74) is -0.438. The predicted molar refractivity (Wildman–Crippen MR) is 114 cm³/mol. The maximum Gasteiger partial charge on any atom is 0.265 e. The van der Waals surface area contributed by atoms with Gasteiger partial charge in [-0.25, -0.2) is 0 Å². The molecule has 3 N–H and O–H groups in total. The lowest BCUT2D eigenvalue weighted by atomic mass is 10.1. The molecule has 2 amide bonds. The highest BCUT2D eigenvalue weighted by molar-refractivity contribution is 7.20. The van der Waals surface area contributed by atoms with Crippen LogP contribution >= 0.6 is 11.3 Å². The number of aromatic nitrogens is 1. The zero-order valence-electron chi connectivity index (χ0n) is 17.1. The summed E-state index contributed by atoms with van der Waals surface area (Å²) >= 11 is 1.05. The lowest BCUT2D eigenvalue weighted by Gasteiger charge is -2.12. The standard InChI is InChI=1S/C20H21N3O6S/c1-9-13-15(24)14(18(26)22-19(13)30-16(9)20(27)23(2)3)17(25)21-11-7-6-10(28-4)8-12(11)29-5/h6-8H,1-5H3,(H,21,25)(H2,22,24,26). The maximum absolute atomic E-state index is 12.8. The van der Waals surface area contributed by atoms with E-state index in [-0.39, 0.29) is 11.3 Å². The molecule has 30 heavy (non-hydrogen) atoms. The molecule has 2 aromatic heterocycles. The van der Waals surface area contributed by atoms with Crippen LogP contribution in [-0.4, -0.2) is 55.1 Å². The summed E-state index contributed by atoms with van der Waals surface area (Å²) in [6, 6.07) is 4.75. The largest absolute Gasteiger partial charge is 0.506 e. The van der Waals surface area contributed by atoms with E-state index in [4.69, 9.17) is 9.47 Å². The summed E-state index contributed by atoms with van der Waals surface area (Å²) in [4.78, 5) is 42.4. The van der Waals surface area contributed by atoms with Crippen LogP contribution in [0.4, 0.5) is 5.69 Å². The molecule has 0 fully saturated rings. The van der Waals surface area contributed by atoms with Crippen LogP contribution in [0.3, 0.4) is 0 Å². The van der Waals surface area contributed by atoms with E-state index in [0.29, 0.717) is 32.5 Å². The number of aromatic amines is 1. The van der Waals surface area contributed by atoms with E-state index in [1.165, 1.54) is 19.1 Å². The number of benzene rings is 1. The van der Waals surface area contributed by atoms with Crippen LogP contribution in [0.25, 0.3) is 10.2 Å². The van der Waals surface area contributed by atoms with Crippen LogP contribution in [0.15, 0.2) is 23.0 Å². The van der Waals surface area contributed by atoms with E-state index in [0.717, 1.165) is 11.3 Å². The quantitative estimate of drug-likeness (QED) is 0.571. The van der Waals surface area contributed by atoms with Crippen molar-refractivity contribution < 1.29 is 24.2 Å². The van der Waals surface area contributed by atoms with Gasteiger partial charge in [0.2, 0.25) is 0 Å². The van der Waals surface area contributed by atoms with Crippen LogP contribution in [0.1, 0.15) is 25.6 Å². The summed E-state index contributed by atoms with van der Waals surface area (Å²) in [7, 11) is 6.14. The molecule has 3 rings (SSSR count). The third-order valence-electron chi connectivity index (χ3n) is 4.56. The number of pyridine rings is 1. The van der Waals surface area contributed by atoms with Gasteiger partial charge in [-0.2, -0.15) is 0 Å². The van der Waals surface area contributed by atoms with Crippen molar-refractivity contribution in [3.05, 3.63) is 44.6 Å². The summed E-state index contributed by atoms with van der Waals surface area (Å²) in [5, 5.41) is 13.6. The predicted octanol–water partition coefficient (Wildman–Crippen LogP) is 2.57. The minimum Gasteiger partial charge on any atom is -0.506 e. The van der Waals surface area contributed by atoms with Gasteiger partial charge in [0.1, 0.15) is 27.6 Å². The Bertz CT molecular complexity index is 1210. The first kappa shape index (κ1) is 21.2. The van der Waals surface area contributed by atoms with Gasteiger partial charge in [0.15, 0.2) is 0 Å². The number of hydrogen-bond donors (Lipinski definition) is 3. The molecule has 0 aliphatic carbocycles. The Morgan fingerprint density at radius 3 is 2.50 bits per heavy atom. The number of anilines is 1. The zero-order chi connectivity index (χ0) is 22.2. The number of hydrogen-bond acceptors (Lipinski definition) is 7. The number of amides is 2. The van der Waals surface area contributed by atoms with E-state index < -0.39 is 22.8 Å². The molecule has 0 unspecified atom stereocenters. The average molecular weight is 431 g/mol. The van der Waals surface area contributed by atoms with Crippen LogP contribution < -0.4 is 20.3 Å². The fourth-order valence-electron chi connectivity index (χ4n) is 2.99. The second-order valence-corrected chi connectivity index (χ2v) is 7.68. The highest BCUT2D eigenvalue weighted by Crippen LogP contribution is 2.37. The molecule has 0 atom stereocenters. The highest BCUT2D eigenvalue weighted by atomic mass is 32.1. The molecule has 1 aromatic carbocycles. The first-order chi connectivity index (χ1) is 14.2. The van der Waals surface area contributed by atoms with Crippen molar-refractivity contribution in [3.63, 3.8) is 0 Å². The molecule has 0 saturated heterocycles. The van der Waals surface area contributed by atoms with Crippen molar-refractivity contribution in [1.82, 2.24) is 9.88 Å². The number of aryl methyl sites for hydroxylation is 1. The molecule has 9 nitrogen and oxygen atoms in total. The van der Waals surface area contributed by atoms with E-state index in [1.54, 1.807) is 39.2 Å². The van der Waals surface area contributed by atoms with Gasteiger partial charge in [-0.05, 0) is 24.6 Å². The first-order valence-electron chi connectivity index (χ1n) is 8.83. The topological polar surface area (TPSA) is 121 Å². The number of nitrogens with one attached hydrogen (secondary N) is 2. The molecule has 2 heterocycles. The third-order valence-corrected chi connectivity index (χ3v) is 5.75. The first-order valence-corrected chi connectivity index (χ1v) is 9.64. The molecular formula is C20H21N3O6S. The fraction of sp³-hybridized carbons (Fsp3) is 0.250. The number of carbonyl (C=O) groups excluding carboxylic acids is 2. The Labute approximate surface area is 175 Å². The Kier molecular flexibility index (Phi) is 5.70. The van der Waals surface area contributed by atoms with Gasteiger partial charge in [-0.3, -0.25) is 14.4 Å². The van der Waals surface area contributed by atoms with Crippen molar-refractivity contribution in [2.24, 2.45) is 0 Å². The summed E-state index contributed by atoms with van der Waals surface area (Å²) in [6.45, 7) is 1.65. The molecule has 0 bridgehead atoms. The highest BCUT2D eigenvalue weighted by Gasteiger charge is 2.26. The average Bonchev–Trinajstić information content (AvgIpc) is 3.03. The van der Waals surface area contributed by atoms with Gasteiger partial charge in [-0.15, -0.1) is 11.3 Å². The SMILES string of the molecule is COc1ccc(NC(=O)c2c(O)c3c(C)c(C(=O)N(C)C)sc3[nH]c2=O)c(OC)c1. The number of carbonyl (C=O) groups is 2. The zero-order valence-corrected chi connectivity index (χ0v) is 17.9. The second-order valence-electron chi connectivity index (χ2n) is 6.66. The van der Waals surface area contributed by atoms with Gasteiger partial charge in [0, 0.05) is 20.2 Å². The molecule has 0 radical (unpaired) electrons. The molecule has 3 aromatic rings. The summed E-state index contributed by atoms with van der Waals surface area (Å²) in [5.74, 6) is -0.706. The Hall–Kier alpha value is -3.53. The lowest BCUT2D eigenvalue weighted by molar-refractivity contribution is 0.0831. The normalized spacial score (nSPS) is 10.7. The molecule has 0 saturated carbocycles. The number of rotatable bonds is 5. The van der Waals surface area contributed by atoms with Crippen LogP contribution in [-0.2, 0) is 0 Å². The van der Waals surface area contributed by atoms with Gasteiger partial charge in [-0.1, -0.05) is 0 Å². The van der Waals surface area contributed by atoms with Crippen molar-refractivity contribution in [2.45, 2.75) is 6.92 Å². The maximum atomic E-state index is 12.8. The molecule has 10 heteroatoms. The Morgan fingerprint density at radius 2 is 1.90 bits per heavy atom. The number of thiophene rings is 1. The van der Waals surface area contributed by atoms with Gasteiger partial charge in [0.05, 0.1) is 30.2 Å². The van der Waals surface area contributed by atoms with Crippen molar-refractivity contribution in [3.8, 4) is 17.2 Å². The van der Waals surface area contributed by atoms with Gasteiger partial charge >= 0.3 is 0 Å². The number of nitrogens with zero attached hydrogens (tertiary/aromatic N) is 1. The van der Waals surface area contributed by atoms with E-state index in [1.807, 2.05) is 0 Å². The fourth-order valence-corrected chi connectivity index (χ4v) is 4.21.